The molecule has 0 saturated carbocycles. The van der Waals surface area contributed by atoms with Crippen molar-refractivity contribution >= 4 is 11.8 Å². The van der Waals surface area contributed by atoms with E-state index < -0.39 is 6.04 Å². The number of ether oxygens (including phenoxy) is 1. The SMILES string of the molecule is COc1ccccc1CNC(=O)C1CCCN1C(=O)c1ccc(-c2noc(C)n2)cc1. The van der Waals surface area contributed by atoms with Gasteiger partial charge in [0.15, 0.2) is 0 Å². The summed E-state index contributed by atoms with van der Waals surface area (Å²) in [6, 6.07) is 14.1. The molecule has 2 heterocycles. The van der Waals surface area contributed by atoms with Gasteiger partial charge in [-0.3, -0.25) is 9.59 Å². The Hall–Kier alpha value is -3.68. The highest BCUT2D eigenvalue weighted by Crippen LogP contribution is 2.23. The van der Waals surface area contributed by atoms with Gasteiger partial charge in [-0.1, -0.05) is 35.5 Å². The van der Waals surface area contributed by atoms with Crippen molar-refractivity contribution < 1.29 is 18.8 Å². The van der Waals surface area contributed by atoms with E-state index in [1.165, 1.54) is 0 Å². The minimum atomic E-state index is -0.484. The maximum absolute atomic E-state index is 13.1. The molecule has 4 rings (SSSR count). The maximum Gasteiger partial charge on any atom is 0.254 e. The second-order valence-corrected chi connectivity index (χ2v) is 7.40. The van der Waals surface area contributed by atoms with Crippen LogP contribution in [0, 0.1) is 6.92 Å². The van der Waals surface area contributed by atoms with Crippen LogP contribution < -0.4 is 10.1 Å². The number of carbonyl (C=O) groups is 2. The zero-order chi connectivity index (χ0) is 21.8. The average molecular weight is 420 g/mol. The normalized spacial score (nSPS) is 15.7. The molecule has 0 spiro atoms. The Morgan fingerprint density at radius 3 is 2.68 bits per heavy atom. The van der Waals surface area contributed by atoms with Crippen LogP contribution >= 0.6 is 0 Å². The average Bonchev–Trinajstić information content (AvgIpc) is 3.46. The second-order valence-electron chi connectivity index (χ2n) is 7.40. The molecular formula is C23H24N4O4. The molecule has 0 radical (unpaired) electrons. The first kappa shape index (κ1) is 20.6. The molecule has 1 atom stereocenters. The number of aryl methyl sites for hydroxylation is 1. The zero-order valence-electron chi connectivity index (χ0n) is 17.5. The summed E-state index contributed by atoms with van der Waals surface area (Å²) in [5.41, 5.74) is 2.18. The van der Waals surface area contributed by atoms with Gasteiger partial charge in [0.1, 0.15) is 11.8 Å². The summed E-state index contributed by atoms with van der Waals surface area (Å²) in [7, 11) is 1.60. The van der Waals surface area contributed by atoms with E-state index in [4.69, 9.17) is 9.26 Å². The Balaban J connectivity index is 1.42. The number of para-hydroxylation sites is 1. The van der Waals surface area contributed by atoms with Crippen molar-refractivity contribution in [1.29, 1.82) is 0 Å². The van der Waals surface area contributed by atoms with Crippen LogP contribution in [-0.4, -0.2) is 46.6 Å². The van der Waals surface area contributed by atoms with Crippen LogP contribution in [0.15, 0.2) is 53.1 Å². The summed E-state index contributed by atoms with van der Waals surface area (Å²) in [4.78, 5) is 31.7. The quantitative estimate of drug-likeness (QED) is 0.658. The number of methoxy groups -OCH3 is 1. The van der Waals surface area contributed by atoms with Crippen molar-refractivity contribution in [3.05, 3.63) is 65.5 Å². The number of benzene rings is 2. The third-order valence-corrected chi connectivity index (χ3v) is 5.38. The molecule has 8 heteroatoms. The number of likely N-dealkylation sites (tertiary alicyclic amines) is 1. The van der Waals surface area contributed by atoms with Gasteiger partial charge in [-0.05, 0) is 31.0 Å². The second kappa shape index (κ2) is 8.99. The molecule has 1 N–H and O–H groups in total. The van der Waals surface area contributed by atoms with E-state index in [1.807, 2.05) is 24.3 Å². The summed E-state index contributed by atoms with van der Waals surface area (Å²) in [5, 5.41) is 6.83. The molecule has 1 fully saturated rings. The molecule has 1 unspecified atom stereocenters. The molecule has 160 valence electrons. The van der Waals surface area contributed by atoms with Gasteiger partial charge in [0.05, 0.1) is 7.11 Å². The summed E-state index contributed by atoms with van der Waals surface area (Å²) in [6.45, 7) is 2.62. The number of nitrogens with zero attached hydrogens (tertiary/aromatic N) is 3. The Labute approximate surface area is 180 Å². The summed E-state index contributed by atoms with van der Waals surface area (Å²) in [5.74, 6) is 1.36. The zero-order valence-corrected chi connectivity index (χ0v) is 17.5. The van der Waals surface area contributed by atoms with E-state index in [9.17, 15) is 9.59 Å². The molecule has 0 aliphatic carbocycles. The predicted molar refractivity (Wildman–Crippen MR) is 113 cm³/mol. The van der Waals surface area contributed by atoms with E-state index in [0.29, 0.717) is 36.8 Å². The van der Waals surface area contributed by atoms with Crippen molar-refractivity contribution in [2.24, 2.45) is 0 Å². The van der Waals surface area contributed by atoms with Crippen molar-refractivity contribution in [1.82, 2.24) is 20.4 Å². The fourth-order valence-corrected chi connectivity index (χ4v) is 3.78. The number of amides is 2. The van der Waals surface area contributed by atoms with Gasteiger partial charge < -0.3 is 19.5 Å². The molecule has 1 aliphatic rings. The minimum Gasteiger partial charge on any atom is -0.496 e. The third-order valence-electron chi connectivity index (χ3n) is 5.38. The molecule has 2 aromatic carbocycles. The van der Waals surface area contributed by atoms with Crippen molar-refractivity contribution in [2.45, 2.75) is 32.4 Å². The number of hydrogen-bond donors (Lipinski definition) is 1. The van der Waals surface area contributed by atoms with Gasteiger partial charge in [-0.15, -0.1) is 0 Å². The Bertz CT molecular complexity index is 1080. The Morgan fingerprint density at radius 2 is 1.97 bits per heavy atom. The van der Waals surface area contributed by atoms with Gasteiger partial charge in [-0.25, -0.2) is 0 Å². The number of nitrogens with one attached hydrogen (secondary N) is 1. The van der Waals surface area contributed by atoms with Crippen molar-refractivity contribution in [2.75, 3.05) is 13.7 Å². The molecular weight excluding hydrogens is 396 g/mol. The van der Waals surface area contributed by atoms with E-state index in [1.54, 1.807) is 43.2 Å². The first-order chi connectivity index (χ1) is 15.1. The Morgan fingerprint density at radius 1 is 1.19 bits per heavy atom. The lowest BCUT2D eigenvalue weighted by Gasteiger charge is -2.24. The van der Waals surface area contributed by atoms with Crippen LogP contribution in [0.2, 0.25) is 0 Å². The highest BCUT2D eigenvalue weighted by Gasteiger charge is 2.34. The monoisotopic (exact) mass is 420 g/mol. The first-order valence-corrected chi connectivity index (χ1v) is 10.2. The van der Waals surface area contributed by atoms with Gasteiger partial charge >= 0.3 is 0 Å². The lowest BCUT2D eigenvalue weighted by Crippen LogP contribution is -2.45. The van der Waals surface area contributed by atoms with E-state index in [0.717, 1.165) is 23.3 Å². The smallest absolute Gasteiger partial charge is 0.254 e. The van der Waals surface area contributed by atoms with Crippen LogP contribution in [0.4, 0.5) is 0 Å². The number of hydrogen-bond acceptors (Lipinski definition) is 6. The first-order valence-electron chi connectivity index (χ1n) is 10.2. The minimum absolute atomic E-state index is 0.157. The lowest BCUT2D eigenvalue weighted by molar-refractivity contribution is -0.125. The van der Waals surface area contributed by atoms with Gasteiger partial charge in [0, 0.05) is 36.7 Å². The molecule has 1 saturated heterocycles. The van der Waals surface area contributed by atoms with Crippen LogP contribution in [-0.2, 0) is 11.3 Å². The maximum atomic E-state index is 13.1. The molecule has 2 amide bonds. The number of aromatic nitrogens is 2. The highest BCUT2D eigenvalue weighted by atomic mass is 16.5. The molecule has 1 aromatic heterocycles. The van der Waals surface area contributed by atoms with Crippen molar-refractivity contribution in [3.63, 3.8) is 0 Å². The summed E-state index contributed by atoms with van der Waals surface area (Å²) in [6.07, 6.45) is 1.43. The predicted octanol–water partition coefficient (Wildman–Crippen LogP) is 2.97. The summed E-state index contributed by atoms with van der Waals surface area (Å²) >= 11 is 0. The van der Waals surface area contributed by atoms with Crippen LogP contribution in [0.3, 0.4) is 0 Å². The van der Waals surface area contributed by atoms with Gasteiger partial charge in [-0.2, -0.15) is 4.98 Å². The number of rotatable bonds is 6. The fraction of sp³-hybridized carbons (Fsp3) is 0.304. The van der Waals surface area contributed by atoms with Gasteiger partial charge in [0.25, 0.3) is 5.91 Å². The van der Waals surface area contributed by atoms with Crippen molar-refractivity contribution in [3.8, 4) is 17.1 Å². The molecule has 8 nitrogen and oxygen atoms in total. The topological polar surface area (TPSA) is 97.6 Å². The Kier molecular flexibility index (Phi) is 5.97. The van der Waals surface area contributed by atoms with E-state index >= 15 is 0 Å². The van der Waals surface area contributed by atoms with Crippen LogP contribution in [0.25, 0.3) is 11.4 Å². The standard InChI is InChI=1S/C23H24N4O4/c1-15-25-21(26-31-15)16-9-11-17(12-10-16)23(29)27-13-5-7-19(27)22(28)24-14-18-6-3-4-8-20(18)30-2/h3-4,6,8-12,19H,5,7,13-14H2,1-2H3,(H,24,28). The van der Waals surface area contributed by atoms with Crippen LogP contribution in [0.5, 0.6) is 5.75 Å². The molecule has 0 bridgehead atoms. The third kappa shape index (κ3) is 4.42. The lowest BCUT2D eigenvalue weighted by atomic mass is 10.1. The molecule has 1 aliphatic heterocycles. The van der Waals surface area contributed by atoms with Gasteiger partial charge in [0.2, 0.25) is 17.6 Å². The molecule has 3 aromatic rings. The largest absolute Gasteiger partial charge is 0.496 e. The van der Waals surface area contributed by atoms with E-state index in [-0.39, 0.29) is 11.8 Å². The van der Waals surface area contributed by atoms with E-state index in [2.05, 4.69) is 15.5 Å². The molecule has 31 heavy (non-hydrogen) atoms. The summed E-state index contributed by atoms with van der Waals surface area (Å²) < 4.78 is 10.3. The van der Waals surface area contributed by atoms with Crippen LogP contribution in [0.1, 0.15) is 34.7 Å². The fourth-order valence-electron chi connectivity index (χ4n) is 3.78. The number of carbonyl (C=O) groups excluding carboxylic acids is 2. The highest BCUT2D eigenvalue weighted by molar-refractivity contribution is 5.98.